The van der Waals surface area contributed by atoms with E-state index in [0.717, 1.165) is 22.5 Å². The van der Waals surface area contributed by atoms with Gasteiger partial charge in [0.2, 0.25) is 0 Å². The molecule has 20 heavy (non-hydrogen) atoms. The molecule has 1 atom stereocenters. The van der Waals surface area contributed by atoms with Crippen molar-refractivity contribution in [3.8, 4) is 12.3 Å². The minimum atomic E-state index is -0.334. The molecule has 1 aliphatic rings. The summed E-state index contributed by atoms with van der Waals surface area (Å²) in [7, 11) is 0. The first-order chi connectivity index (χ1) is 9.69. The number of hydrogen-bond donors (Lipinski definition) is 2. The zero-order valence-corrected chi connectivity index (χ0v) is 10.8. The standard InChI is InChI=1S/C16H14N4/c1-2-11-4-3-5-13(8-11)20-10-19-15-7-6-12(17)9-14(15)16(20)18/h1,3-10,16H,17-18H2. The number of nitrogens with two attached hydrogens (primary N) is 2. The number of aliphatic imine (C=N–C) groups is 1. The molecule has 1 unspecified atom stereocenters. The van der Waals surface area contributed by atoms with Crippen molar-refractivity contribution in [1.82, 2.24) is 0 Å². The first kappa shape index (κ1) is 12.3. The summed E-state index contributed by atoms with van der Waals surface area (Å²) in [6, 6.07) is 13.2. The van der Waals surface area contributed by atoms with Gasteiger partial charge in [0.15, 0.2) is 0 Å². The van der Waals surface area contributed by atoms with Gasteiger partial charge < -0.3 is 16.4 Å². The number of benzene rings is 2. The summed E-state index contributed by atoms with van der Waals surface area (Å²) in [5, 5.41) is 0. The number of nitrogens with zero attached hydrogens (tertiary/aromatic N) is 2. The van der Waals surface area contributed by atoms with E-state index >= 15 is 0 Å². The average Bonchev–Trinajstić information content (AvgIpc) is 2.48. The Morgan fingerprint density at radius 2 is 2.05 bits per heavy atom. The maximum absolute atomic E-state index is 6.31. The largest absolute Gasteiger partial charge is 0.399 e. The molecule has 0 bridgehead atoms. The van der Waals surface area contributed by atoms with E-state index < -0.39 is 0 Å². The molecular weight excluding hydrogens is 248 g/mol. The number of rotatable bonds is 1. The molecule has 3 rings (SSSR count). The molecule has 0 aliphatic carbocycles. The fourth-order valence-electron chi connectivity index (χ4n) is 2.26. The SMILES string of the molecule is C#Cc1cccc(N2C=Nc3ccc(N)cc3C2N)c1. The van der Waals surface area contributed by atoms with Gasteiger partial charge in [0.05, 0.1) is 12.0 Å². The zero-order valence-electron chi connectivity index (χ0n) is 10.8. The Balaban J connectivity index is 2.03. The van der Waals surface area contributed by atoms with Gasteiger partial charge in [-0.2, -0.15) is 0 Å². The molecule has 1 heterocycles. The van der Waals surface area contributed by atoms with Gasteiger partial charge in [-0.3, -0.25) is 0 Å². The highest BCUT2D eigenvalue weighted by Gasteiger charge is 2.22. The lowest BCUT2D eigenvalue weighted by Gasteiger charge is -2.31. The van der Waals surface area contributed by atoms with Crippen LogP contribution in [0.3, 0.4) is 0 Å². The Kier molecular flexibility index (Phi) is 2.90. The van der Waals surface area contributed by atoms with Crippen LogP contribution in [0.5, 0.6) is 0 Å². The van der Waals surface area contributed by atoms with Crippen molar-refractivity contribution in [3.05, 3.63) is 53.6 Å². The van der Waals surface area contributed by atoms with Gasteiger partial charge in [-0.25, -0.2) is 4.99 Å². The monoisotopic (exact) mass is 262 g/mol. The summed E-state index contributed by atoms with van der Waals surface area (Å²) in [6.45, 7) is 0. The van der Waals surface area contributed by atoms with E-state index in [1.54, 1.807) is 6.34 Å². The zero-order chi connectivity index (χ0) is 14.1. The van der Waals surface area contributed by atoms with E-state index in [4.69, 9.17) is 17.9 Å². The van der Waals surface area contributed by atoms with E-state index in [2.05, 4.69) is 10.9 Å². The van der Waals surface area contributed by atoms with Gasteiger partial charge in [-0.1, -0.05) is 12.0 Å². The highest BCUT2D eigenvalue weighted by molar-refractivity contribution is 5.86. The number of nitrogen functional groups attached to an aromatic ring is 1. The fourth-order valence-corrected chi connectivity index (χ4v) is 2.26. The highest BCUT2D eigenvalue weighted by atomic mass is 15.3. The minimum absolute atomic E-state index is 0.334. The third-order valence-corrected chi connectivity index (χ3v) is 3.30. The van der Waals surface area contributed by atoms with Crippen molar-refractivity contribution in [1.29, 1.82) is 0 Å². The van der Waals surface area contributed by atoms with Crippen molar-refractivity contribution in [2.75, 3.05) is 10.6 Å². The second kappa shape index (κ2) is 4.72. The molecule has 2 aromatic carbocycles. The molecule has 2 aromatic rings. The average molecular weight is 262 g/mol. The maximum atomic E-state index is 6.31. The van der Waals surface area contributed by atoms with Crippen LogP contribution in [0.1, 0.15) is 17.3 Å². The molecule has 0 radical (unpaired) electrons. The molecule has 0 saturated heterocycles. The van der Waals surface area contributed by atoms with E-state index in [1.807, 2.05) is 47.4 Å². The smallest absolute Gasteiger partial charge is 0.111 e. The van der Waals surface area contributed by atoms with Crippen LogP contribution < -0.4 is 16.4 Å². The molecule has 98 valence electrons. The molecule has 4 heteroatoms. The highest BCUT2D eigenvalue weighted by Crippen LogP contribution is 2.34. The van der Waals surface area contributed by atoms with Crippen LogP contribution in [0.15, 0.2) is 47.5 Å². The second-order valence-corrected chi connectivity index (χ2v) is 4.61. The molecule has 0 fully saturated rings. The predicted octanol–water partition coefficient (Wildman–Crippen LogP) is 2.39. The number of hydrogen-bond acceptors (Lipinski definition) is 4. The second-order valence-electron chi connectivity index (χ2n) is 4.61. The van der Waals surface area contributed by atoms with E-state index in [0.29, 0.717) is 5.69 Å². The quantitative estimate of drug-likeness (QED) is 0.612. The maximum Gasteiger partial charge on any atom is 0.111 e. The van der Waals surface area contributed by atoms with Gasteiger partial charge in [0, 0.05) is 22.5 Å². The fraction of sp³-hybridized carbons (Fsp3) is 0.0625. The third kappa shape index (κ3) is 2.00. The van der Waals surface area contributed by atoms with Gasteiger partial charge in [-0.05, 0) is 36.4 Å². The lowest BCUT2D eigenvalue weighted by atomic mass is 10.1. The van der Waals surface area contributed by atoms with E-state index in [1.165, 1.54) is 0 Å². The van der Waals surface area contributed by atoms with Crippen LogP contribution in [0.4, 0.5) is 17.1 Å². The van der Waals surface area contributed by atoms with Crippen LogP contribution in [0.25, 0.3) is 0 Å². The van der Waals surface area contributed by atoms with Crippen LogP contribution in [0.2, 0.25) is 0 Å². The molecule has 0 spiro atoms. The van der Waals surface area contributed by atoms with Crippen molar-refractivity contribution in [2.24, 2.45) is 10.7 Å². The van der Waals surface area contributed by atoms with Crippen molar-refractivity contribution in [2.45, 2.75) is 6.17 Å². The van der Waals surface area contributed by atoms with Gasteiger partial charge in [-0.15, -0.1) is 6.42 Å². The Labute approximate surface area is 117 Å². The van der Waals surface area contributed by atoms with Crippen LogP contribution in [0, 0.1) is 12.3 Å². The number of terminal acetylenes is 1. The van der Waals surface area contributed by atoms with Crippen LogP contribution >= 0.6 is 0 Å². The predicted molar refractivity (Wildman–Crippen MR) is 82.8 cm³/mol. The summed E-state index contributed by atoms with van der Waals surface area (Å²) < 4.78 is 0. The summed E-state index contributed by atoms with van der Waals surface area (Å²) in [5.74, 6) is 2.62. The van der Waals surface area contributed by atoms with Gasteiger partial charge in [0.25, 0.3) is 0 Å². The summed E-state index contributed by atoms with van der Waals surface area (Å²) in [4.78, 5) is 6.29. The van der Waals surface area contributed by atoms with Crippen LogP contribution in [-0.2, 0) is 0 Å². The first-order valence-corrected chi connectivity index (χ1v) is 6.23. The van der Waals surface area contributed by atoms with Gasteiger partial charge >= 0.3 is 0 Å². The van der Waals surface area contributed by atoms with Gasteiger partial charge in [0.1, 0.15) is 6.17 Å². The normalized spacial score (nSPS) is 16.6. The van der Waals surface area contributed by atoms with Crippen molar-refractivity contribution in [3.63, 3.8) is 0 Å². The molecule has 0 saturated carbocycles. The molecule has 1 aliphatic heterocycles. The summed E-state index contributed by atoms with van der Waals surface area (Å²) in [6.07, 6.45) is 6.82. The van der Waals surface area contributed by atoms with E-state index in [9.17, 15) is 0 Å². The summed E-state index contributed by atoms with van der Waals surface area (Å²) in [5.41, 5.74) is 16.3. The molecule has 4 N–H and O–H groups in total. The number of anilines is 2. The molecular formula is C16H14N4. The topological polar surface area (TPSA) is 67.6 Å². The molecule has 0 aromatic heterocycles. The first-order valence-electron chi connectivity index (χ1n) is 6.23. The lowest BCUT2D eigenvalue weighted by molar-refractivity contribution is 0.750. The van der Waals surface area contributed by atoms with Crippen molar-refractivity contribution < 1.29 is 0 Å². The Morgan fingerprint density at radius 1 is 1.20 bits per heavy atom. The lowest BCUT2D eigenvalue weighted by Crippen LogP contribution is -2.35. The molecule has 0 amide bonds. The Hall–Kier alpha value is -2.77. The third-order valence-electron chi connectivity index (χ3n) is 3.30. The summed E-state index contributed by atoms with van der Waals surface area (Å²) >= 11 is 0. The number of fused-ring (bicyclic) bond motifs is 1. The van der Waals surface area contributed by atoms with E-state index in [-0.39, 0.29) is 6.17 Å². The van der Waals surface area contributed by atoms with Crippen LogP contribution in [-0.4, -0.2) is 6.34 Å². The molecule has 4 nitrogen and oxygen atoms in total. The Bertz CT molecular complexity index is 727. The van der Waals surface area contributed by atoms with Crippen molar-refractivity contribution >= 4 is 23.4 Å². The minimum Gasteiger partial charge on any atom is -0.399 e. The Morgan fingerprint density at radius 3 is 2.85 bits per heavy atom.